The van der Waals surface area contributed by atoms with Crippen LogP contribution in [0.5, 0.6) is 0 Å². The van der Waals surface area contributed by atoms with Gasteiger partial charge in [-0.15, -0.1) is 0 Å². The monoisotopic (exact) mass is 437 g/mol. The summed E-state index contributed by atoms with van der Waals surface area (Å²) in [4.78, 5) is 32.2. The number of anilines is 1. The lowest BCUT2D eigenvalue weighted by Gasteiger charge is -2.29. The first kappa shape index (κ1) is 21.5. The third kappa shape index (κ3) is 6.38. The maximum atomic E-state index is 11.7. The minimum absolute atomic E-state index is 0.352. The van der Waals surface area contributed by atoms with E-state index < -0.39 is 0 Å². The second-order valence-electron chi connectivity index (χ2n) is 7.96. The number of carbonyl (C=O) groups is 2. The number of benzene rings is 1. The summed E-state index contributed by atoms with van der Waals surface area (Å²) in [6, 6.07) is 12.7. The zero-order valence-electron chi connectivity index (χ0n) is 17.3. The first-order valence-corrected chi connectivity index (χ1v) is 11.6. The van der Waals surface area contributed by atoms with E-state index in [0.29, 0.717) is 28.5 Å². The van der Waals surface area contributed by atoms with Crippen molar-refractivity contribution < 1.29 is 9.59 Å². The van der Waals surface area contributed by atoms with Crippen molar-refractivity contribution in [2.75, 3.05) is 18.4 Å². The van der Waals surface area contributed by atoms with Gasteiger partial charge in [-0.3, -0.25) is 14.9 Å². The molecule has 1 aliphatic carbocycles. The lowest BCUT2D eigenvalue weighted by molar-refractivity contribution is -0.115. The Labute approximate surface area is 186 Å². The van der Waals surface area contributed by atoms with E-state index in [1.165, 1.54) is 18.4 Å². The number of aromatic nitrogens is 2. The molecule has 1 aliphatic heterocycles. The van der Waals surface area contributed by atoms with Gasteiger partial charge in [0.1, 0.15) is 0 Å². The standard InChI is InChI=1S/C23H27N5O2S/c29-21-20(31-23(30)28-21)14-19-11-13-25-22(27-19)26-18-8-6-17(7-9-18)15-24-12-10-16-4-2-1-3-5-16/h1-5,11,13-14,17-18,24H,6-10,12,15H2,(H,25,26,27)(H,28,29,30)/t17-,18-. The average Bonchev–Trinajstić information content (AvgIpc) is 3.10. The van der Waals surface area contributed by atoms with E-state index in [4.69, 9.17) is 0 Å². The lowest BCUT2D eigenvalue weighted by Crippen LogP contribution is -2.32. The maximum absolute atomic E-state index is 11.7. The van der Waals surface area contributed by atoms with Gasteiger partial charge in [0, 0.05) is 12.2 Å². The van der Waals surface area contributed by atoms with Crippen LogP contribution in [-0.4, -0.2) is 40.2 Å². The average molecular weight is 438 g/mol. The van der Waals surface area contributed by atoms with Gasteiger partial charge in [0.15, 0.2) is 0 Å². The number of rotatable bonds is 8. The Morgan fingerprint density at radius 3 is 2.65 bits per heavy atom. The normalized spacial score (nSPS) is 22.5. The molecule has 1 aromatic carbocycles. The quantitative estimate of drug-likeness (QED) is 0.429. The van der Waals surface area contributed by atoms with Crippen LogP contribution in [0.15, 0.2) is 47.5 Å². The van der Waals surface area contributed by atoms with E-state index in [1.54, 1.807) is 18.3 Å². The molecule has 1 saturated heterocycles. The second kappa shape index (κ2) is 10.5. The summed E-state index contributed by atoms with van der Waals surface area (Å²) in [7, 11) is 0. The number of carbonyl (C=O) groups excluding carboxylic acids is 2. The first-order valence-electron chi connectivity index (χ1n) is 10.7. The summed E-state index contributed by atoms with van der Waals surface area (Å²) in [5.41, 5.74) is 1.99. The fourth-order valence-corrected chi connectivity index (χ4v) is 4.62. The topological polar surface area (TPSA) is 96.0 Å². The highest BCUT2D eigenvalue weighted by atomic mass is 32.2. The van der Waals surface area contributed by atoms with Crippen LogP contribution < -0.4 is 16.0 Å². The Bertz CT molecular complexity index is 942. The van der Waals surface area contributed by atoms with Gasteiger partial charge in [0.05, 0.1) is 10.6 Å². The van der Waals surface area contributed by atoms with Crippen LogP contribution in [0.4, 0.5) is 10.7 Å². The summed E-state index contributed by atoms with van der Waals surface area (Å²) in [5.74, 6) is 0.897. The second-order valence-corrected chi connectivity index (χ2v) is 8.97. The van der Waals surface area contributed by atoms with E-state index in [0.717, 1.165) is 44.1 Å². The zero-order chi connectivity index (χ0) is 21.5. The maximum Gasteiger partial charge on any atom is 0.290 e. The van der Waals surface area contributed by atoms with Crippen molar-refractivity contribution in [3.8, 4) is 0 Å². The molecule has 31 heavy (non-hydrogen) atoms. The molecule has 2 heterocycles. The Balaban J connectivity index is 1.20. The predicted molar refractivity (Wildman–Crippen MR) is 124 cm³/mol. The smallest absolute Gasteiger partial charge is 0.290 e. The minimum Gasteiger partial charge on any atom is -0.351 e. The Kier molecular flexibility index (Phi) is 7.32. The van der Waals surface area contributed by atoms with Crippen LogP contribution in [0.2, 0.25) is 0 Å². The van der Waals surface area contributed by atoms with Crippen LogP contribution in [0.25, 0.3) is 6.08 Å². The van der Waals surface area contributed by atoms with Gasteiger partial charge in [-0.25, -0.2) is 9.97 Å². The van der Waals surface area contributed by atoms with Crippen molar-refractivity contribution in [2.45, 2.75) is 38.1 Å². The number of nitrogens with zero attached hydrogens (tertiary/aromatic N) is 2. The van der Waals surface area contributed by atoms with Crippen molar-refractivity contribution in [3.63, 3.8) is 0 Å². The number of hydrogen-bond acceptors (Lipinski definition) is 7. The summed E-state index contributed by atoms with van der Waals surface area (Å²) in [5, 5.41) is 8.93. The fourth-order valence-electron chi connectivity index (χ4n) is 3.96. The number of thioether (sulfide) groups is 1. The molecular formula is C23H27N5O2S. The molecule has 0 unspecified atom stereocenters. The van der Waals surface area contributed by atoms with Gasteiger partial charge < -0.3 is 10.6 Å². The van der Waals surface area contributed by atoms with E-state index in [1.807, 2.05) is 0 Å². The van der Waals surface area contributed by atoms with Gasteiger partial charge in [0.2, 0.25) is 5.95 Å². The number of amides is 2. The number of hydrogen-bond donors (Lipinski definition) is 3. The van der Waals surface area contributed by atoms with Crippen LogP contribution in [-0.2, 0) is 11.2 Å². The summed E-state index contributed by atoms with van der Waals surface area (Å²) < 4.78 is 0. The van der Waals surface area contributed by atoms with Crippen LogP contribution in [0.1, 0.15) is 36.9 Å². The lowest BCUT2D eigenvalue weighted by atomic mass is 9.86. The molecule has 2 amide bonds. The molecule has 7 nitrogen and oxygen atoms in total. The molecule has 0 spiro atoms. The predicted octanol–water partition coefficient (Wildman–Crippen LogP) is 3.60. The third-order valence-corrected chi connectivity index (χ3v) is 6.46. The van der Waals surface area contributed by atoms with Gasteiger partial charge in [-0.05, 0) is 80.6 Å². The zero-order valence-corrected chi connectivity index (χ0v) is 18.2. The molecule has 0 bridgehead atoms. The van der Waals surface area contributed by atoms with E-state index in [9.17, 15) is 9.59 Å². The third-order valence-electron chi connectivity index (χ3n) is 5.64. The molecule has 0 radical (unpaired) electrons. The molecule has 3 N–H and O–H groups in total. The van der Waals surface area contributed by atoms with E-state index >= 15 is 0 Å². The van der Waals surface area contributed by atoms with Crippen molar-refractivity contribution in [1.82, 2.24) is 20.6 Å². The van der Waals surface area contributed by atoms with Crippen molar-refractivity contribution in [2.24, 2.45) is 5.92 Å². The number of imide groups is 1. The van der Waals surface area contributed by atoms with Crippen molar-refractivity contribution in [3.05, 3.63) is 58.8 Å². The molecular weight excluding hydrogens is 410 g/mol. The highest BCUT2D eigenvalue weighted by Crippen LogP contribution is 2.27. The van der Waals surface area contributed by atoms with E-state index in [-0.39, 0.29) is 11.1 Å². The number of nitrogens with one attached hydrogen (secondary N) is 3. The molecule has 2 aliphatic rings. The summed E-state index contributed by atoms with van der Waals surface area (Å²) >= 11 is 0.892. The Morgan fingerprint density at radius 1 is 1.10 bits per heavy atom. The first-order chi connectivity index (χ1) is 15.2. The van der Waals surface area contributed by atoms with Crippen molar-refractivity contribution in [1.29, 1.82) is 0 Å². The highest BCUT2D eigenvalue weighted by molar-refractivity contribution is 8.18. The summed E-state index contributed by atoms with van der Waals surface area (Å²) in [6.07, 6.45) is 8.89. The largest absolute Gasteiger partial charge is 0.351 e. The Hall–Kier alpha value is -2.71. The van der Waals surface area contributed by atoms with Gasteiger partial charge >= 0.3 is 0 Å². The van der Waals surface area contributed by atoms with Crippen LogP contribution in [0.3, 0.4) is 0 Å². The molecule has 8 heteroatoms. The van der Waals surface area contributed by atoms with E-state index in [2.05, 4.69) is 56.3 Å². The molecule has 2 aromatic rings. The summed E-state index contributed by atoms with van der Waals surface area (Å²) in [6.45, 7) is 2.08. The molecule has 2 fully saturated rings. The SMILES string of the molecule is O=C1NC(=O)C(=Cc2ccnc(N[C@H]3CC[C@H](CNCCc4ccccc4)CC3)n2)S1. The van der Waals surface area contributed by atoms with Crippen molar-refractivity contribution >= 4 is 34.9 Å². The molecule has 162 valence electrons. The Morgan fingerprint density at radius 2 is 1.90 bits per heavy atom. The minimum atomic E-state index is -0.376. The molecule has 0 atom stereocenters. The van der Waals surface area contributed by atoms with Crippen LogP contribution >= 0.6 is 11.8 Å². The van der Waals surface area contributed by atoms with Crippen LogP contribution in [0, 0.1) is 5.92 Å². The van der Waals surface area contributed by atoms with Gasteiger partial charge in [-0.1, -0.05) is 30.3 Å². The molecule has 1 saturated carbocycles. The highest BCUT2D eigenvalue weighted by Gasteiger charge is 2.25. The fraction of sp³-hybridized carbons (Fsp3) is 0.391. The molecule has 1 aromatic heterocycles. The van der Waals surface area contributed by atoms with Gasteiger partial charge in [0.25, 0.3) is 11.1 Å². The molecule has 4 rings (SSSR count). The van der Waals surface area contributed by atoms with Gasteiger partial charge in [-0.2, -0.15) is 0 Å².